The Hall–Kier alpha value is -2.82. The summed E-state index contributed by atoms with van der Waals surface area (Å²) in [6, 6.07) is -1.53. The Morgan fingerprint density at radius 1 is 0.593 bits per heavy atom. The SMILES string of the molecule is CC/C=C/C/C=C/C/C=C/C/C=C/CCCCC(=O)O[C@H](COC(=O)CCCCCCC/C=C/CCCCCCCC)COP(=O)(O)OC[C@H](N)C(=O)O. The third-order valence-corrected chi connectivity index (χ3v) is 9.20. The standard InChI is InChI=1S/C42H72NO10P/c1-3-5-7-9-11-13-15-17-19-21-23-25-27-29-31-33-40(44)50-35-38(36-51-54(48,49)52-37-39(43)42(46)47)53-41(45)34-32-30-28-26-24-22-20-18-16-14-12-10-8-6-4-2/h6,8,12,14,17-20,24,26,38-39H,3-5,7,9-11,13,15-16,21-23,25,27-37,43H2,1-2H3,(H,46,47)(H,48,49)/b8-6+,14-12+,19-17+,20-18+,26-24+/t38-,39+/m1/s1. The van der Waals surface area contributed by atoms with Crippen molar-refractivity contribution in [3.63, 3.8) is 0 Å². The lowest BCUT2D eigenvalue weighted by Gasteiger charge is -2.20. The lowest BCUT2D eigenvalue weighted by atomic mass is 10.1. The van der Waals surface area contributed by atoms with E-state index in [9.17, 15) is 23.8 Å². The molecule has 1 unspecified atom stereocenters. The van der Waals surface area contributed by atoms with Crippen molar-refractivity contribution in [1.29, 1.82) is 0 Å². The van der Waals surface area contributed by atoms with Crippen molar-refractivity contribution in [1.82, 2.24) is 0 Å². The summed E-state index contributed by atoms with van der Waals surface area (Å²) in [5, 5.41) is 8.87. The van der Waals surface area contributed by atoms with Crippen LogP contribution in [0.15, 0.2) is 60.8 Å². The van der Waals surface area contributed by atoms with Gasteiger partial charge < -0.3 is 25.2 Å². The number of unbranched alkanes of at least 4 members (excludes halogenated alkanes) is 13. The van der Waals surface area contributed by atoms with Crippen molar-refractivity contribution in [3.05, 3.63) is 60.8 Å². The number of carbonyl (C=O) groups excluding carboxylic acids is 2. The molecule has 310 valence electrons. The molecule has 0 aromatic carbocycles. The predicted molar refractivity (Wildman–Crippen MR) is 217 cm³/mol. The van der Waals surface area contributed by atoms with E-state index in [0.29, 0.717) is 12.8 Å². The molecule has 0 aliphatic carbocycles. The Bertz CT molecular complexity index is 1150. The van der Waals surface area contributed by atoms with Crippen LogP contribution in [0.3, 0.4) is 0 Å². The van der Waals surface area contributed by atoms with E-state index in [-0.39, 0.29) is 19.4 Å². The third kappa shape index (κ3) is 36.2. The largest absolute Gasteiger partial charge is 0.480 e. The summed E-state index contributed by atoms with van der Waals surface area (Å²) in [5.41, 5.74) is 5.32. The fourth-order valence-corrected chi connectivity index (χ4v) is 5.83. The van der Waals surface area contributed by atoms with Crippen molar-refractivity contribution in [2.45, 2.75) is 167 Å². The number of aliphatic carboxylic acids is 1. The molecule has 3 atom stereocenters. The summed E-state index contributed by atoms with van der Waals surface area (Å²) in [6.07, 6.45) is 41.5. The number of nitrogens with two attached hydrogens (primary N) is 1. The molecule has 0 heterocycles. The van der Waals surface area contributed by atoms with Gasteiger partial charge >= 0.3 is 25.7 Å². The lowest BCUT2D eigenvalue weighted by molar-refractivity contribution is -0.161. The number of phosphoric ester groups is 1. The Labute approximate surface area is 326 Å². The van der Waals surface area contributed by atoms with E-state index in [0.717, 1.165) is 77.0 Å². The fourth-order valence-electron chi connectivity index (χ4n) is 5.05. The minimum atomic E-state index is -4.73. The van der Waals surface area contributed by atoms with Crippen LogP contribution in [-0.4, -0.2) is 59.9 Å². The van der Waals surface area contributed by atoms with E-state index in [2.05, 4.69) is 79.1 Å². The number of hydrogen-bond donors (Lipinski definition) is 3. The zero-order valence-electron chi connectivity index (χ0n) is 33.3. The van der Waals surface area contributed by atoms with Gasteiger partial charge in [-0.15, -0.1) is 0 Å². The molecule has 0 saturated carbocycles. The average Bonchev–Trinajstić information content (AvgIpc) is 3.14. The minimum Gasteiger partial charge on any atom is -0.480 e. The van der Waals surface area contributed by atoms with Gasteiger partial charge in [0.15, 0.2) is 6.10 Å². The second-order valence-electron chi connectivity index (χ2n) is 13.4. The molecule has 0 radical (unpaired) electrons. The monoisotopic (exact) mass is 781 g/mol. The molecule has 4 N–H and O–H groups in total. The van der Waals surface area contributed by atoms with E-state index >= 15 is 0 Å². The zero-order chi connectivity index (χ0) is 40.0. The van der Waals surface area contributed by atoms with E-state index in [1.807, 2.05) is 0 Å². The van der Waals surface area contributed by atoms with Crippen LogP contribution in [0.1, 0.15) is 155 Å². The van der Waals surface area contributed by atoms with Gasteiger partial charge in [-0.3, -0.25) is 23.4 Å². The Balaban J connectivity index is 4.50. The summed E-state index contributed by atoms with van der Waals surface area (Å²) in [6.45, 7) is 2.61. The van der Waals surface area contributed by atoms with Crippen LogP contribution >= 0.6 is 7.82 Å². The first kappa shape index (κ1) is 51.2. The molecule has 0 rings (SSSR count). The van der Waals surface area contributed by atoms with E-state index in [1.165, 1.54) is 38.5 Å². The molecular formula is C42H72NO10P. The lowest BCUT2D eigenvalue weighted by Crippen LogP contribution is -2.34. The Morgan fingerprint density at radius 2 is 1.04 bits per heavy atom. The first-order chi connectivity index (χ1) is 26.1. The van der Waals surface area contributed by atoms with Gasteiger partial charge in [0.2, 0.25) is 0 Å². The van der Waals surface area contributed by atoms with E-state index in [1.54, 1.807) is 0 Å². The summed E-state index contributed by atoms with van der Waals surface area (Å²) >= 11 is 0. The number of phosphoric acid groups is 1. The van der Waals surface area contributed by atoms with Crippen molar-refractivity contribution >= 4 is 25.7 Å². The number of ether oxygens (including phenoxy) is 2. The normalized spacial score (nSPS) is 14.4. The summed E-state index contributed by atoms with van der Waals surface area (Å²) in [7, 11) is -4.73. The second-order valence-corrected chi connectivity index (χ2v) is 14.8. The maximum absolute atomic E-state index is 12.6. The quantitative estimate of drug-likeness (QED) is 0.0237. The first-order valence-corrected chi connectivity index (χ1v) is 21.8. The number of carboxylic acids is 1. The molecular weight excluding hydrogens is 709 g/mol. The van der Waals surface area contributed by atoms with Gasteiger partial charge in [-0.25, -0.2) is 4.57 Å². The Morgan fingerprint density at radius 3 is 1.61 bits per heavy atom. The third-order valence-electron chi connectivity index (χ3n) is 8.25. The van der Waals surface area contributed by atoms with Crippen LogP contribution in [0.25, 0.3) is 0 Å². The highest BCUT2D eigenvalue weighted by molar-refractivity contribution is 7.47. The van der Waals surface area contributed by atoms with Gasteiger partial charge in [0.25, 0.3) is 0 Å². The molecule has 0 bridgehead atoms. The van der Waals surface area contributed by atoms with E-state index < -0.39 is 51.1 Å². The number of esters is 2. The molecule has 0 fully saturated rings. The molecule has 0 aromatic heterocycles. The topological polar surface area (TPSA) is 172 Å². The van der Waals surface area contributed by atoms with Crippen LogP contribution in [0.2, 0.25) is 0 Å². The van der Waals surface area contributed by atoms with Gasteiger partial charge in [0.05, 0.1) is 13.2 Å². The van der Waals surface area contributed by atoms with Crippen LogP contribution in [0.4, 0.5) is 0 Å². The molecule has 0 aromatic rings. The highest BCUT2D eigenvalue weighted by Crippen LogP contribution is 2.43. The van der Waals surface area contributed by atoms with Gasteiger partial charge in [-0.1, -0.05) is 126 Å². The van der Waals surface area contributed by atoms with Gasteiger partial charge in [0.1, 0.15) is 12.6 Å². The summed E-state index contributed by atoms with van der Waals surface area (Å²) in [4.78, 5) is 45.8. The maximum Gasteiger partial charge on any atom is 0.472 e. The molecule has 0 saturated heterocycles. The van der Waals surface area contributed by atoms with Crippen molar-refractivity contribution in [2.24, 2.45) is 5.73 Å². The zero-order valence-corrected chi connectivity index (χ0v) is 34.2. The Kier molecular flexibility index (Phi) is 35.2. The van der Waals surface area contributed by atoms with Crippen LogP contribution in [0.5, 0.6) is 0 Å². The van der Waals surface area contributed by atoms with Crippen LogP contribution in [0, 0.1) is 0 Å². The number of hydrogen-bond acceptors (Lipinski definition) is 9. The number of carbonyl (C=O) groups is 3. The van der Waals surface area contributed by atoms with Crippen LogP contribution < -0.4 is 5.73 Å². The highest BCUT2D eigenvalue weighted by atomic mass is 31.2. The number of carboxylic acid groups (broad SMARTS) is 1. The highest BCUT2D eigenvalue weighted by Gasteiger charge is 2.28. The molecule has 12 heteroatoms. The number of allylic oxidation sites excluding steroid dienone is 10. The van der Waals surface area contributed by atoms with E-state index in [4.69, 9.17) is 24.8 Å². The summed E-state index contributed by atoms with van der Waals surface area (Å²) in [5.74, 6) is -2.45. The first-order valence-electron chi connectivity index (χ1n) is 20.3. The minimum absolute atomic E-state index is 0.105. The predicted octanol–water partition coefficient (Wildman–Crippen LogP) is 10.4. The molecule has 0 aliphatic rings. The molecule has 0 aliphatic heterocycles. The van der Waals surface area contributed by atoms with Gasteiger partial charge in [0, 0.05) is 12.8 Å². The van der Waals surface area contributed by atoms with Crippen molar-refractivity contribution in [3.8, 4) is 0 Å². The fraction of sp³-hybridized carbons (Fsp3) is 0.690. The molecule has 0 amide bonds. The maximum atomic E-state index is 12.6. The molecule has 0 spiro atoms. The number of rotatable bonds is 37. The smallest absolute Gasteiger partial charge is 0.472 e. The van der Waals surface area contributed by atoms with Gasteiger partial charge in [-0.2, -0.15) is 0 Å². The second kappa shape index (κ2) is 37.1. The summed E-state index contributed by atoms with van der Waals surface area (Å²) < 4.78 is 32.6. The van der Waals surface area contributed by atoms with Gasteiger partial charge in [-0.05, 0) is 77.0 Å². The van der Waals surface area contributed by atoms with Crippen molar-refractivity contribution < 1.29 is 47.5 Å². The van der Waals surface area contributed by atoms with Crippen molar-refractivity contribution in [2.75, 3.05) is 19.8 Å². The molecule has 54 heavy (non-hydrogen) atoms. The van der Waals surface area contributed by atoms with Crippen LogP contribution in [-0.2, 0) is 37.5 Å². The average molecular weight is 782 g/mol. The molecule has 11 nitrogen and oxygen atoms in total.